The lowest BCUT2D eigenvalue weighted by atomic mass is 10.0. The number of hydrogen-bond acceptors (Lipinski definition) is 4. The molecule has 4 rings (SSSR count). The lowest BCUT2D eigenvalue weighted by Crippen LogP contribution is -2.36. The van der Waals surface area contributed by atoms with Gasteiger partial charge < -0.3 is 10.1 Å². The van der Waals surface area contributed by atoms with Crippen molar-refractivity contribution in [2.24, 2.45) is 0 Å². The van der Waals surface area contributed by atoms with Gasteiger partial charge in [-0.3, -0.25) is 19.3 Å². The highest BCUT2D eigenvalue weighted by atomic mass is 35.5. The van der Waals surface area contributed by atoms with Gasteiger partial charge in [0, 0.05) is 23.2 Å². The fourth-order valence-corrected chi connectivity index (χ4v) is 4.18. The number of carbonyl (C=O) groups excluding carboxylic acids is 3. The predicted molar refractivity (Wildman–Crippen MR) is 113 cm³/mol. The second-order valence-corrected chi connectivity index (χ2v) is 8.26. The fourth-order valence-electron chi connectivity index (χ4n) is 3.97. The van der Waals surface area contributed by atoms with Crippen LogP contribution in [0, 0.1) is 0 Å². The highest BCUT2D eigenvalue weighted by Crippen LogP contribution is 2.26. The molecule has 0 aliphatic carbocycles. The van der Waals surface area contributed by atoms with E-state index in [9.17, 15) is 14.4 Å². The van der Waals surface area contributed by atoms with Crippen LogP contribution in [0.4, 0.5) is 0 Å². The lowest BCUT2D eigenvalue weighted by Gasteiger charge is -2.17. The van der Waals surface area contributed by atoms with E-state index in [1.165, 1.54) is 11.0 Å². The number of imide groups is 1. The molecule has 2 aromatic rings. The molecule has 0 aromatic heterocycles. The molecule has 3 amide bonds. The second-order valence-electron chi connectivity index (χ2n) is 7.82. The Morgan fingerprint density at radius 1 is 1.20 bits per heavy atom. The summed E-state index contributed by atoms with van der Waals surface area (Å²) in [6.45, 7) is 2.82. The van der Waals surface area contributed by atoms with Gasteiger partial charge in [-0.15, -0.1) is 0 Å². The molecule has 2 aliphatic rings. The van der Waals surface area contributed by atoms with Crippen molar-refractivity contribution in [1.29, 1.82) is 0 Å². The molecule has 1 saturated heterocycles. The molecule has 156 valence electrons. The van der Waals surface area contributed by atoms with Crippen LogP contribution in [-0.2, 0) is 11.2 Å². The molecule has 0 radical (unpaired) electrons. The van der Waals surface area contributed by atoms with Gasteiger partial charge in [0.2, 0.25) is 0 Å². The summed E-state index contributed by atoms with van der Waals surface area (Å²) >= 11 is 6.02. The summed E-state index contributed by atoms with van der Waals surface area (Å²) < 4.78 is 5.55. The van der Waals surface area contributed by atoms with Gasteiger partial charge >= 0.3 is 0 Å². The van der Waals surface area contributed by atoms with Gasteiger partial charge in [0.25, 0.3) is 17.7 Å². The third-order valence-corrected chi connectivity index (χ3v) is 5.69. The molecule has 1 N–H and O–H groups in total. The summed E-state index contributed by atoms with van der Waals surface area (Å²) in [5, 5.41) is 3.59. The van der Waals surface area contributed by atoms with Crippen LogP contribution in [0.5, 0.6) is 0 Å². The Kier molecular flexibility index (Phi) is 5.88. The van der Waals surface area contributed by atoms with Gasteiger partial charge in [-0.2, -0.15) is 0 Å². The molecular formula is C23H23ClN2O4. The van der Waals surface area contributed by atoms with Crippen LogP contribution in [0.15, 0.2) is 42.5 Å². The number of halogens is 1. The Morgan fingerprint density at radius 2 is 2.00 bits per heavy atom. The second kappa shape index (κ2) is 8.58. The van der Waals surface area contributed by atoms with Crippen LogP contribution in [-0.4, -0.2) is 47.9 Å². The minimum absolute atomic E-state index is 0.109. The summed E-state index contributed by atoms with van der Waals surface area (Å²) in [4.78, 5) is 39.3. The van der Waals surface area contributed by atoms with Crippen molar-refractivity contribution in [3.8, 4) is 0 Å². The first kappa shape index (κ1) is 20.6. The smallest absolute Gasteiger partial charge is 0.261 e. The highest BCUT2D eigenvalue weighted by Gasteiger charge is 2.38. The third-order valence-electron chi connectivity index (χ3n) is 5.45. The first-order chi connectivity index (χ1) is 14.4. The number of nitrogens with zero attached hydrogens (tertiary/aromatic N) is 1. The molecule has 30 heavy (non-hydrogen) atoms. The summed E-state index contributed by atoms with van der Waals surface area (Å²) in [6.07, 6.45) is 2.29. The topological polar surface area (TPSA) is 75.7 Å². The van der Waals surface area contributed by atoms with Crippen LogP contribution < -0.4 is 5.32 Å². The number of amides is 3. The van der Waals surface area contributed by atoms with Gasteiger partial charge in [0.05, 0.1) is 23.8 Å². The van der Waals surface area contributed by atoms with Crippen LogP contribution in [0.2, 0.25) is 5.02 Å². The van der Waals surface area contributed by atoms with Crippen molar-refractivity contribution >= 4 is 29.3 Å². The first-order valence-electron chi connectivity index (χ1n) is 10.1. The summed E-state index contributed by atoms with van der Waals surface area (Å²) in [7, 11) is 0. The Hall–Kier alpha value is -2.70. The third kappa shape index (κ3) is 4.25. The van der Waals surface area contributed by atoms with Gasteiger partial charge in [0.15, 0.2) is 0 Å². The Bertz CT molecular complexity index is 1000. The van der Waals surface area contributed by atoms with E-state index in [0.717, 1.165) is 18.4 Å². The molecule has 0 unspecified atom stereocenters. The molecule has 0 spiro atoms. The Morgan fingerprint density at radius 3 is 2.73 bits per heavy atom. The molecule has 1 fully saturated rings. The van der Waals surface area contributed by atoms with Crippen LogP contribution in [0.25, 0.3) is 0 Å². The van der Waals surface area contributed by atoms with Crippen molar-refractivity contribution in [1.82, 2.24) is 10.2 Å². The van der Waals surface area contributed by atoms with Crippen molar-refractivity contribution < 1.29 is 19.1 Å². The molecule has 0 saturated carbocycles. The Balaban J connectivity index is 1.44. The van der Waals surface area contributed by atoms with Gasteiger partial charge in [-0.1, -0.05) is 23.7 Å². The van der Waals surface area contributed by atoms with E-state index < -0.39 is 0 Å². The van der Waals surface area contributed by atoms with Crippen molar-refractivity contribution in [3.05, 3.63) is 69.7 Å². The number of nitrogens with one attached hydrogen (secondary N) is 1. The van der Waals surface area contributed by atoms with Crippen molar-refractivity contribution in [3.63, 3.8) is 0 Å². The van der Waals surface area contributed by atoms with E-state index in [0.29, 0.717) is 29.2 Å². The van der Waals surface area contributed by atoms with E-state index in [2.05, 4.69) is 5.32 Å². The molecular weight excluding hydrogens is 404 g/mol. The maximum atomic E-state index is 12.8. The zero-order chi connectivity index (χ0) is 21.3. The minimum atomic E-state index is -0.368. The van der Waals surface area contributed by atoms with E-state index in [4.69, 9.17) is 16.3 Å². The van der Waals surface area contributed by atoms with Gasteiger partial charge in [-0.25, -0.2) is 0 Å². The van der Waals surface area contributed by atoms with Gasteiger partial charge in [0.1, 0.15) is 0 Å². The quantitative estimate of drug-likeness (QED) is 0.717. The molecule has 2 aromatic carbocycles. The number of ether oxygens (including phenoxy) is 1. The minimum Gasteiger partial charge on any atom is -0.376 e. The highest BCUT2D eigenvalue weighted by molar-refractivity contribution is 6.30. The number of carbonyl (C=O) groups is 3. The summed E-state index contributed by atoms with van der Waals surface area (Å²) in [5.74, 6) is -0.982. The lowest BCUT2D eigenvalue weighted by molar-refractivity contribution is 0.0475. The zero-order valence-corrected chi connectivity index (χ0v) is 17.4. The van der Waals surface area contributed by atoms with E-state index in [1.807, 2.05) is 25.1 Å². The molecule has 2 atom stereocenters. The van der Waals surface area contributed by atoms with Crippen LogP contribution >= 0.6 is 11.6 Å². The van der Waals surface area contributed by atoms with Crippen LogP contribution in [0.1, 0.15) is 56.4 Å². The van der Waals surface area contributed by atoms with E-state index in [1.54, 1.807) is 18.2 Å². The molecule has 2 heterocycles. The molecule has 0 bridgehead atoms. The number of hydrogen-bond donors (Lipinski definition) is 1. The van der Waals surface area contributed by atoms with E-state index in [-0.39, 0.29) is 42.0 Å². The van der Waals surface area contributed by atoms with Crippen molar-refractivity contribution in [2.45, 2.75) is 38.3 Å². The molecule has 2 aliphatic heterocycles. The number of rotatable bonds is 6. The predicted octanol–water partition coefficient (Wildman–Crippen LogP) is 3.48. The van der Waals surface area contributed by atoms with Crippen LogP contribution in [0.3, 0.4) is 0 Å². The summed E-state index contributed by atoms with van der Waals surface area (Å²) in [6, 6.07) is 12.0. The largest absolute Gasteiger partial charge is 0.376 e. The maximum Gasteiger partial charge on any atom is 0.261 e. The number of fused-ring (bicyclic) bond motifs is 1. The standard InChI is InChI=1S/C23H23ClN2O4/c1-14(10-15-4-2-5-17(24)11-15)25-21(27)16-7-8-19-20(12-16)23(29)26(22(19)28)13-18-6-3-9-30-18/h2,4-5,7-8,11-12,14,18H,3,6,9-10,13H2,1H3,(H,25,27)/t14-,18+/m0/s1. The first-order valence-corrected chi connectivity index (χ1v) is 10.5. The average molecular weight is 427 g/mol. The zero-order valence-electron chi connectivity index (χ0n) is 16.7. The normalized spacial score (nSPS) is 19.1. The SMILES string of the molecule is C[C@@H](Cc1cccc(Cl)c1)NC(=O)c1ccc2c(c1)C(=O)N(C[C@H]1CCCO1)C2=O. The summed E-state index contributed by atoms with van der Waals surface area (Å²) in [5.41, 5.74) is 1.98. The monoisotopic (exact) mass is 426 g/mol. The average Bonchev–Trinajstić information content (AvgIpc) is 3.31. The molecule has 6 nitrogen and oxygen atoms in total. The number of benzene rings is 2. The maximum absolute atomic E-state index is 12.8. The Labute approximate surface area is 180 Å². The van der Waals surface area contributed by atoms with E-state index >= 15 is 0 Å². The van der Waals surface area contributed by atoms with Gasteiger partial charge in [-0.05, 0) is 62.1 Å². The van der Waals surface area contributed by atoms with Crippen molar-refractivity contribution in [2.75, 3.05) is 13.2 Å². The fraction of sp³-hybridized carbons (Fsp3) is 0.348. The molecule has 7 heteroatoms.